The maximum atomic E-state index is 11.1. The van der Waals surface area contributed by atoms with Crippen LogP contribution in [0.4, 0.5) is 17.1 Å². The first kappa shape index (κ1) is 19.0. The molecule has 0 aromatic heterocycles. The van der Waals surface area contributed by atoms with Gasteiger partial charge in [0.15, 0.2) is 0 Å². The van der Waals surface area contributed by atoms with Gasteiger partial charge < -0.3 is 0 Å². The SMILES string of the molecule is CC(C)(C)c1ccc(C/C=N/Nc2ccc([N+](=O)[O-])cc2[N+](=O)[O-])cc1. The highest BCUT2D eigenvalue weighted by molar-refractivity contribution is 5.68. The predicted molar refractivity (Wildman–Crippen MR) is 101 cm³/mol. The van der Waals surface area contributed by atoms with E-state index in [-0.39, 0.29) is 16.8 Å². The number of rotatable bonds is 6. The molecule has 136 valence electrons. The Hall–Kier alpha value is -3.29. The summed E-state index contributed by atoms with van der Waals surface area (Å²) in [6.45, 7) is 6.43. The number of nitro benzene ring substituents is 2. The Morgan fingerprint density at radius 3 is 2.23 bits per heavy atom. The van der Waals surface area contributed by atoms with Crippen molar-refractivity contribution in [2.45, 2.75) is 32.6 Å². The Balaban J connectivity index is 2.04. The van der Waals surface area contributed by atoms with Gasteiger partial charge in [-0.05, 0) is 22.6 Å². The van der Waals surface area contributed by atoms with Gasteiger partial charge in [-0.3, -0.25) is 25.7 Å². The fourth-order valence-corrected chi connectivity index (χ4v) is 2.29. The third-order valence-corrected chi connectivity index (χ3v) is 3.81. The molecule has 0 unspecified atom stereocenters. The number of anilines is 1. The van der Waals surface area contributed by atoms with Gasteiger partial charge in [-0.1, -0.05) is 45.0 Å². The van der Waals surface area contributed by atoms with Crippen molar-refractivity contribution in [3.63, 3.8) is 0 Å². The van der Waals surface area contributed by atoms with Gasteiger partial charge in [-0.25, -0.2) is 0 Å². The molecule has 0 radical (unpaired) electrons. The normalized spacial score (nSPS) is 11.5. The maximum absolute atomic E-state index is 11.1. The molecule has 2 aromatic carbocycles. The predicted octanol–water partition coefficient (Wildman–Crippen LogP) is 4.44. The van der Waals surface area contributed by atoms with Gasteiger partial charge in [-0.15, -0.1) is 0 Å². The van der Waals surface area contributed by atoms with E-state index in [4.69, 9.17) is 0 Å². The monoisotopic (exact) mass is 356 g/mol. The Kier molecular flexibility index (Phi) is 5.66. The lowest BCUT2D eigenvalue weighted by molar-refractivity contribution is -0.393. The summed E-state index contributed by atoms with van der Waals surface area (Å²) < 4.78 is 0. The van der Waals surface area contributed by atoms with Gasteiger partial charge in [0.25, 0.3) is 5.69 Å². The summed E-state index contributed by atoms with van der Waals surface area (Å²) >= 11 is 0. The average molecular weight is 356 g/mol. The highest BCUT2D eigenvalue weighted by Crippen LogP contribution is 2.28. The molecule has 0 aliphatic heterocycles. The summed E-state index contributed by atoms with van der Waals surface area (Å²) in [5.74, 6) is 0. The summed E-state index contributed by atoms with van der Waals surface area (Å²) in [5.41, 5.74) is 4.31. The quantitative estimate of drug-likeness (QED) is 0.467. The topological polar surface area (TPSA) is 111 Å². The van der Waals surface area contributed by atoms with Crippen molar-refractivity contribution in [3.05, 3.63) is 73.8 Å². The van der Waals surface area contributed by atoms with Gasteiger partial charge in [0.2, 0.25) is 0 Å². The van der Waals surface area contributed by atoms with Crippen LogP contribution in [0.5, 0.6) is 0 Å². The second kappa shape index (κ2) is 7.73. The number of benzene rings is 2. The summed E-state index contributed by atoms with van der Waals surface area (Å²) in [5, 5.41) is 25.8. The van der Waals surface area contributed by atoms with Crippen molar-refractivity contribution < 1.29 is 9.85 Å². The van der Waals surface area contributed by atoms with Gasteiger partial charge in [0.1, 0.15) is 5.69 Å². The lowest BCUT2D eigenvalue weighted by atomic mass is 9.86. The zero-order chi connectivity index (χ0) is 19.3. The third kappa shape index (κ3) is 4.85. The van der Waals surface area contributed by atoms with Crippen molar-refractivity contribution in [3.8, 4) is 0 Å². The minimum Gasteiger partial charge on any atom is -0.272 e. The first-order chi connectivity index (χ1) is 12.2. The van der Waals surface area contributed by atoms with Crippen LogP contribution in [0.1, 0.15) is 31.9 Å². The van der Waals surface area contributed by atoms with E-state index < -0.39 is 15.5 Å². The van der Waals surface area contributed by atoms with Gasteiger partial charge >= 0.3 is 5.69 Å². The number of hydrazone groups is 1. The maximum Gasteiger partial charge on any atom is 0.301 e. The lowest BCUT2D eigenvalue weighted by Crippen LogP contribution is -2.10. The van der Waals surface area contributed by atoms with Crippen molar-refractivity contribution in [1.29, 1.82) is 0 Å². The van der Waals surface area contributed by atoms with E-state index in [9.17, 15) is 20.2 Å². The second-order valence-electron chi connectivity index (χ2n) is 6.79. The van der Waals surface area contributed by atoms with E-state index in [1.165, 1.54) is 17.7 Å². The number of non-ortho nitro benzene ring substituents is 1. The molecule has 0 bridgehead atoms. The number of hydrogen-bond acceptors (Lipinski definition) is 6. The van der Waals surface area contributed by atoms with E-state index in [0.29, 0.717) is 6.42 Å². The summed E-state index contributed by atoms with van der Waals surface area (Å²) in [7, 11) is 0. The van der Waals surface area contributed by atoms with Crippen LogP contribution >= 0.6 is 0 Å². The minimum atomic E-state index is -0.684. The van der Waals surface area contributed by atoms with Crippen LogP contribution in [0.3, 0.4) is 0 Å². The first-order valence-electron chi connectivity index (χ1n) is 7.98. The summed E-state index contributed by atoms with van der Waals surface area (Å²) in [6.07, 6.45) is 2.15. The average Bonchev–Trinajstić information content (AvgIpc) is 2.58. The fraction of sp³-hybridized carbons (Fsp3) is 0.278. The molecule has 8 heteroatoms. The third-order valence-electron chi connectivity index (χ3n) is 3.81. The molecule has 0 fully saturated rings. The molecule has 0 heterocycles. The number of nitrogens with one attached hydrogen (secondary N) is 1. The molecule has 1 N–H and O–H groups in total. The van der Waals surface area contributed by atoms with Crippen molar-refractivity contribution >= 4 is 23.3 Å². The van der Waals surface area contributed by atoms with E-state index in [1.807, 2.05) is 12.1 Å². The number of nitro groups is 2. The van der Waals surface area contributed by atoms with E-state index in [2.05, 4.69) is 43.4 Å². The summed E-state index contributed by atoms with van der Waals surface area (Å²) in [6, 6.07) is 11.5. The Bertz CT molecular complexity index is 839. The molecular formula is C18H20N4O4. The van der Waals surface area contributed by atoms with Crippen molar-refractivity contribution in [2.24, 2.45) is 5.10 Å². The highest BCUT2D eigenvalue weighted by Gasteiger charge is 2.19. The van der Waals surface area contributed by atoms with Crippen LogP contribution in [0.25, 0.3) is 0 Å². The number of hydrogen-bond donors (Lipinski definition) is 1. The van der Waals surface area contributed by atoms with Crippen LogP contribution in [-0.2, 0) is 11.8 Å². The van der Waals surface area contributed by atoms with Crippen molar-refractivity contribution in [2.75, 3.05) is 5.43 Å². The Morgan fingerprint density at radius 2 is 1.69 bits per heavy atom. The molecule has 0 saturated heterocycles. The van der Waals surface area contributed by atoms with Gasteiger partial charge in [-0.2, -0.15) is 5.10 Å². The molecule has 0 aliphatic carbocycles. The molecule has 2 aromatic rings. The molecule has 8 nitrogen and oxygen atoms in total. The Morgan fingerprint density at radius 1 is 1.04 bits per heavy atom. The standard InChI is InChI=1S/C18H20N4O4/c1-18(2,3)14-6-4-13(5-7-14)10-11-19-20-16-9-8-15(21(23)24)12-17(16)22(25)26/h4-9,11-12,20H,10H2,1-3H3/b19-11+. The molecular weight excluding hydrogens is 336 g/mol. The van der Waals surface area contributed by atoms with E-state index in [0.717, 1.165) is 11.6 Å². The highest BCUT2D eigenvalue weighted by atomic mass is 16.6. The molecule has 2 rings (SSSR count). The van der Waals surface area contributed by atoms with Crippen LogP contribution in [0.15, 0.2) is 47.6 Å². The minimum absolute atomic E-state index is 0.0863. The largest absolute Gasteiger partial charge is 0.301 e. The van der Waals surface area contributed by atoms with E-state index >= 15 is 0 Å². The first-order valence-corrected chi connectivity index (χ1v) is 7.98. The van der Waals surface area contributed by atoms with Gasteiger partial charge in [0, 0.05) is 18.7 Å². The van der Waals surface area contributed by atoms with Gasteiger partial charge in [0.05, 0.1) is 15.9 Å². The molecule has 0 spiro atoms. The van der Waals surface area contributed by atoms with Crippen LogP contribution in [0.2, 0.25) is 0 Å². The zero-order valence-corrected chi connectivity index (χ0v) is 14.8. The zero-order valence-electron chi connectivity index (χ0n) is 14.8. The number of nitrogens with zero attached hydrogens (tertiary/aromatic N) is 3. The molecule has 0 aliphatic rings. The van der Waals surface area contributed by atoms with Crippen LogP contribution in [-0.4, -0.2) is 16.1 Å². The molecule has 0 amide bonds. The second-order valence-corrected chi connectivity index (χ2v) is 6.79. The van der Waals surface area contributed by atoms with Crippen molar-refractivity contribution in [1.82, 2.24) is 0 Å². The lowest BCUT2D eigenvalue weighted by Gasteiger charge is -2.18. The van der Waals surface area contributed by atoms with Crippen LogP contribution < -0.4 is 5.43 Å². The smallest absolute Gasteiger partial charge is 0.272 e. The molecule has 26 heavy (non-hydrogen) atoms. The molecule has 0 saturated carbocycles. The molecule has 0 atom stereocenters. The Labute approximate surface area is 150 Å². The van der Waals surface area contributed by atoms with E-state index in [1.54, 1.807) is 6.21 Å². The van der Waals surface area contributed by atoms with Crippen LogP contribution in [0, 0.1) is 20.2 Å². The fourth-order valence-electron chi connectivity index (χ4n) is 2.29. The summed E-state index contributed by atoms with van der Waals surface area (Å²) in [4.78, 5) is 20.4.